The van der Waals surface area contributed by atoms with E-state index in [4.69, 9.17) is 10.5 Å². The molecule has 0 unspecified atom stereocenters. The minimum Gasteiger partial charge on any atom is -0.439 e. The number of rotatable bonds is 3. The van der Waals surface area contributed by atoms with Gasteiger partial charge in [-0.05, 0) is 56.9 Å². The van der Waals surface area contributed by atoms with Gasteiger partial charge in [0, 0.05) is 5.92 Å². The number of aromatic nitrogens is 2. The van der Waals surface area contributed by atoms with E-state index in [2.05, 4.69) is 29.9 Å². The number of hydrogen-bond acceptors (Lipinski definition) is 4. The molecule has 104 valence electrons. The molecule has 1 aliphatic rings. The molecular weight excluding hydrogens is 250 g/mol. The van der Waals surface area contributed by atoms with E-state index in [-0.39, 0.29) is 0 Å². The van der Waals surface area contributed by atoms with E-state index in [1.54, 1.807) is 0 Å². The van der Waals surface area contributed by atoms with Gasteiger partial charge in [0.2, 0.25) is 5.88 Å². The van der Waals surface area contributed by atoms with Crippen molar-refractivity contribution in [3.8, 4) is 11.6 Å². The SMILES string of the molecule is Cc1cc(C)cc(Oc2nc(C3CC3)nc(N)c2C)c1. The first kappa shape index (κ1) is 12.9. The topological polar surface area (TPSA) is 61.0 Å². The van der Waals surface area contributed by atoms with Crippen LogP contribution in [-0.4, -0.2) is 9.97 Å². The maximum atomic E-state index is 5.97. The van der Waals surface area contributed by atoms with Crippen molar-refractivity contribution < 1.29 is 4.74 Å². The molecule has 1 aromatic carbocycles. The van der Waals surface area contributed by atoms with Crippen molar-refractivity contribution in [2.24, 2.45) is 0 Å². The summed E-state index contributed by atoms with van der Waals surface area (Å²) in [7, 11) is 0. The van der Waals surface area contributed by atoms with Gasteiger partial charge < -0.3 is 10.5 Å². The van der Waals surface area contributed by atoms with Crippen molar-refractivity contribution >= 4 is 5.82 Å². The number of benzene rings is 1. The highest BCUT2D eigenvalue weighted by Crippen LogP contribution is 2.40. The van der Waals surface area contributed by atoms with Crippen LogP contribution in [0.1, 0.15) is 41.3 Å². The van der Waals surface area contributed by atoms with Crippen LogP contribution >= 0.6 is 0 Å². The van der Waals surface area contributed by atoms with Crippen molar-refractivity contribution in [3.63, 3.8) is 0 Å². The molecule has 4 heteroatoms. The maximum absolute atomic E-state index is 5.97. The number of anilines is 1. The monoisotopic (exact) mass is 269 g/mol. The first-order valence-electron chi connectivity index (χ1n) is 6.93. The van der Waals surface area contributed by atoms with Crippen molar-refractivity contribution in [3.05, 3.63) is 40.7 Å². The van der Waals surface area contributed by atoms with Crippen molar-refractivity contribution in [2.45, 2.75) is 39.5 Å². The lowest BCUT2D eigenvalue weighted by Gasteiger charge is -2.12. The zero-order valence-electron chi connectivity index (χ0n) is 12.1. The van der Waals surface area contributed by atoms with Crippen LogP contribution in [0.2, 0.25) is 0 Å². The molecule has 4 nitrogen and oxygen atoms in total. The van der Waals surface area contributed by atoms with Crippen molar-refractivity contribution in [2.75, 3.05) is 5.73 Å². The van der Waals surface area contributed by atoms with Crippen molar-refractivity contribution in [1.29, 1.82) is 0 Å². The fourth-order valence-electron chi connectivity index (χ4n) is 2.26. The van der Waals surface area contributed by atoms with E-state index in [0.717, 1.165) is 30.0 Å². The van der Waals surface area contributed by atoms with Crippen LogP contribution in [0.3, 0.4) is 0 Å². The molecule has 0 atom stereocenters. The Balaban J connectivity index is 1.96. The molecule has 0 amide bonds. The Hall–Kier alpha value is -2.10. The molecule has 3 rings (SSSR count). The predicted molar refractivity (Wildman–Crippen MR) is 79.1 cm³/mol. The molecule has 0 aliphatic heterocycles. The molecule has 1 aromatic heterocycles. The van der Waals surface area contributed by atoms with E-state index in [9.17, 15) is 0 Å². The first-order chi connectivity index (χ1) is 9.52. The van der Waals surface area contributed by atoms with E-state index < -0.39 is 0 Å². The van der Waals surface area contributed by atoms with Crippen LogP contribution in [0.15, 0.2) is 18.2 Å². The fraction of sp³-hybridized carbons (Fsp3) is 0.375. The Bertz CT molecular complexity index is 643. The largest absolute Gasteiger partial charge is 0.439 e. The molecule has 0 bridgehead atoms. The van der Waals surface area contributed by atoms with Gasteiger partial charge in [0.1, 0.15) is 17.4 Å². The third-order valence-corrected chi connectivity index (χ3v) is 3.51. The zero-order chi connectivity index (χ0) is 14.3. The summed E-state index contributed by atoms with van der Waals surface area (Å²) in [6, 6.07) is 6.12. The Morgan fingerprint density at radius 1 is 1.05 bits per heavy atom. The van der Waals surface area contributed by atoms with Crippen LogP contribution in [0.25, 0.3) is 0 Å². The summed E-state index contributed by atoms with van der Waals surface area (Å²) in [4.78, 5) is 8.90. The Morgan fingerprint density at radius 2 is 1.70 bits per heavy atom. The molecule has 1 aliphatic carbocycles. The highest BCUT2D eigenvalue weighted by Gasteiger charge is 2.28. The molecule has 20 heavy (non-hydrogen) atoms. The second kappa shape index (κ2) is 4.78. The average molecular weight is 269 g/mol. The molecule has 1 saturated carbocycles. The number of hydrogen-bond donors (Lipinski definition) is 1. The fourth-order valence-corrected chi connectivity index (χ4v) is 2.26. The number of nitrogen functional groups attached to an aromatic ring is 1. The van der Waals surface area contributed by atoms with Gasteiger partial charge in [0.05, 0.1) is 5.56 Å². The third kappa shape index (κ3) is 2.59. The van der Waals surface area contributed by atoms with Crippen LogP contribution in [0.5, 0.6) is 11.6 Å². The van der Waals surface area contributed by atoms with Gasteiger partial charge in [0.15, 0.2) is 0 Å². The average Bonchev–Trinajstić information content (AvgIpc) is 3.17. The normalized spacial score (nSPS) is 14.3. The highest BCUT2D eigenvalue weighted by atomic mass is 16.5. The van der Waals surface area contributed by atoms with E-state index in [0.29, 0.717) is 17.6 Å². The summed E-state index contributed by atoms with van der Waals surface area (Å²) in [6.07, 6.45) is 2.29. The molecular formula is C16H19N3O. The summed E-state index contributed by atoms with van der Waals surface area (Å²) in [5, 5.41) is 0. The first-order valence-corrected chi connectivity index (χ1v) is 6.93. The molecule has 2 aromatic rings. The van der Waals surface area contributed by atoms with Gasteiger partial charge in [-0.3, -0.25) is 0 Å². The molecule has 1 heterocycles. The van der Waals surface area contributed by atoms with Gasteiger partial charge in [-0.25, -0.2) is 4.98 Å². The highest BCUT2D eigenvalue weighted by molar-refractivity contribution is 5.47. The molecule has 0 spiro atoms. The smallest absolute Gasteiger partial charge is 0.227 e. The summed E-state index contributed by atoms with van der Waals surface area (Å²) >= 11 is 0. The molecule has 0 saturated heterocycles. The third-order valence-electron chi connectivity index (χ3n) is 3.51. The van der Waals surface area contributed by atoms with E-state index >= 15 is 0 Å². The second-order valence-corrected chi connectivity index (χ2v) is 5.60. The lowest BCUT2D eigenvalue weighted by Crippen LogP contribution is -2.04. The van der Waals surface area contributed by atoms with Crippen molar-refractivity contribution in [1.82, 2.24) is 9.97 Å². The summed E-state index contributed by atoms with van der Waals surface area (Å²) in [6.45, 7) is 6.00. The minimum atomic E-state index is 0.458. The number of aryl methyl sites for hydroxylation is 2. The Morgan fingerprint density at radius 3 is 2.30 bits per heavy atom. The summed E-state index contributed by atoms with van der Waals surface area (Å²) in [5.41, 5.74) is 9.11. The lowest BCUT2D eigenvalue weighted by atomic mass is 10.1. The summed E-state index contributed by atoms with van der Waals surface area (Å²) in [5.74, 6) is 3.16. The van der Waals surface area contributed by atoms with E-state index in [1.165, 1.54) is 11.1 Å². The molecule has 1 fully saturated rings. The zero-order valence-corrected chi connectivity index (χ0v) is 12.1. The quantitative estimate of drug-likeness (QED) is 0.923. The van der Waals surface area contributed by atoms with Gasteiger partial charge in [0.25, 0.3) is 0 Å². The minimum absolute atomic E-state index is 0.458. The number of nitrogens with two attached hydrogens (primary N) is 1. The van der Waals surface area contributed by atoms with Crippen LogP contribution in [0.4, 0.5) is 5.82 Å². The predicted octanol–water partition coefficient (Wildman–Crippen LogP) is 3.65. The van der Waals surface area contributed by atoms with Gasteiger partial charge >= 0.3 is 0 Å². The summed E-state index contributed by atoms with van der Waals surface area (Å²) < 4.78 is 5.94. The number of ether oxygens (including phenoxy) is 1. The number of nitrogens with zero attached hydrogens (tertiary/aromatic N) is 2. The Labute approximate surface area is 119 Å². The Kier molecular flexibility index (Phi) is 3.08. The van der Waals surface area contributed by atoms with Crippen LogP contribution < -0.4 is 10.5 Å². The lowest BCUT2D eigenvalue weighted by molar-refractivity contribution is 0.454. The maximum Gasteiger partial charge on any atom is 0.227 e. The standard InChI is InChI=1S/C16H19N3O/c1-9-6-10(2)8-13(7-9)20-16-11(3)14(17)18-15(19-16)12-4-5-12/h6-8,12H,4-5H2,1-3H3,(H2,17,18,19). The van der Waals surface area contributed by atoms with Gasteiger partial charge in [-0.1, -0.05) is 6.07 Å². The van der Waals surface area contributed by atoms with E-state index in [1.807, 2.05) is 19.1 Å². The van der Waals surface area contributed by atoms with Gasteiger partial charge in [-0.2, -0.15) is 4.98 Å². The molecule has 2 N–H and O–H groups in total. The second-order valence-electron chi connectivity index (χ2n) is 5.60. The molecule has 0 radical (unpaired) electrons. The van der Waals surface area contributed by atoms with Crippen LogP contribution in [0, 0.1) is 20.8 Å². The van der Waals surface area contributed by atoms with Gasteiger partial charge in [-0.15, -0.1) is 0 Å². The van der Waals surface area contributed by atoms with Crippen LogP contribution in [-0.2, 0) is 0 Å².